The molecule has 25 heavy (non-hydrogen) atoms. The molecule has 0 spiro atoms. The zero-order valence-corrected chi connectivity index (χ0v) is 14.6. The van der Waals surface area contributed by atoms with Crippen LogP contribution in [0.15, 0.2) is 42.5 Å². The van der Waals surface area contributed by atoms with Gasteiger partial charge in [-0.25, -0.2) is 4.79 Å². The highest BCUT2D eigenvalue weighted by Gasteiger charge is 2.34. The monoisotopic (exact) mass is 379 g/mol. The highest BCUT2D eigenvalue weighted by molar-refractivity contribution is 6.35. The molecule has 1 aliphatic rings. The van der Waals surface area contributed by atoms with Gasteiger partial charge in [0, 0.05) is 18.0 Å². The first kappa shape index (κ1) is 17.6. The number of amides is 1. The van der Waals surface area contributed by atoms with Crippen LogP contribution in [0.5, 0.6) is 5.75 Å². The Morgan fingerprint density at radius 1 is 1.16 bits per heavy atom. The van der Waals surface area contributed by atoms with E-state index in [-0.39, 0.29) is 19.6 Å². The molecule has 0 radical (unpaired) electrons. The predicted molar refractivity (Wildman–Crippen MR) is 94.1 cm³/mol. The number of hydrogen-bond donors (Lipinski definition) is 1. The third kappa shape index (κ3) is 3.89. The molecule has 3 rings (SSSR count). The molecule has 0 saturated carbocycles. The van der Waals surface area contributed by atoms with Crippen molar-refractivity contribution in [3.63, 3.8) is 0 Å². The number of carboxylic acids is 1. The highest BCUT2D eigenvalue weighted by atomic mass is 35.5. The number of carbonyl (C=O) groups is 2. The predicted octanol–water partition coefficient (Wildman–Crippen LogP) is 3.41. The summed E-state index contributed by atoms with van der Waals surface area (Å²) in [5.74, 6) is -1.12. The zero-order valence-electron chi connectivity index (χ0n) is 13.1. The van der Waals surface area contributed by atoms with E-state index in [1.807, 2.05) is 24.3 Å². The van der Waals surface area contributed by atoms with Gasteiger partial charge >= 0.3 is 5.97 Å². The molecule has 1 aliphatic heterocycles. The molecule has 2 aromatic carbocycles. The molecule has 0 aromatic heterocycles. The summed E-state index contributed by atoms with van der Waals surface area (Å²) < 4.78 is 5.45. The Morgan fingerprint density at radius 2 is 1.88 bits per heavy atom. The van der Waals surface area contributed by atoms with E-state index in [9.17, 15) is 14.7 Å². The SMILES string of the molecule is O=C(O)[C@H]1Cc2ccccc2CN1C(=O)COc1ccc(Cl)cc1Cl. The molecule has 5 nitrogen and oxygen atoms in total. The fourth-order valence-electron chi connectivity index (χ4n) is 2.82. The lowest BCUT2D eigenvalue weighted by molar-refractivity contribution is -0.152. The quantitative estimate of drug-likeness (QED) is 0.883. The van der Waals surface area contributed by atoms with Crippen LogP contribution in [-0.4, -0.2) is 34.5 Å². The van der Waals surface area contributed by atoms with Crippen molar-refractivity contribution in [3.8, 4) is 5.75 Å². The summed E-state index contributed by atoms with van der Waals surface area (Å²) in [7, 11) is 0. The minimum Gasteiger partial charge on any atom is -0.482 e. The Bertz CT molecular complexity index is 824. The van der Waals surface area contributed by atoms with Crippen molar-refractivity contribution < 1.29 is 19.4 Å². The van der Waals surface area contributed by atoms with Crippen LogP contribution in [0.3, 0.4) is 0 Å². The first-order valence-corrected chi connectivity index (χ1v) is 8.38. The van der Waals surface area contributed by atoms with E-state index in [4.69, 9.17) is 27.9 Å². The van der Waals surface area contributed by atoms with Crippen molar-refractivity contribution in [1.82, 2.24) is 4.90 Å². The molecule has 7 heteroatoms. The topological polar surface area (TPSA) is 66.8 Å². The second-order valence-electron chi connectivity index (χ2n) is 5.71. The average Bonchev–Trinajstić information content (AvgIpc) is 2.59. The number of aliphatic carboxylic acids is 1. The Labute approximate surface area is 154 Å². The minimum absolute atomic E-state index is 0.240. The Morgan fingerprint density at radius 3 is 2.56 bits per heavy atom. The van der Waals surface area contributed by atoms with Crippen LogP contribution in [0, 0.1) is 0 Å². The molecule has 130 valence electrons. The molecule has 2 aromatic rings. The van der Waals surface area contributed by atoms with Gasteiger partial charge < -0.3 is 14.7 Å². The van der Waals surface area contributed by atoms with Crippen molar-refractivity contribution in [2.24, 2.45) is 0 Å². The van der Waals surface area contributed by atoms with E-state index < -0.39 is 17.9 Å². The average molecular weight is 380 g/mol. The lowest BCUT2D eigenvalue weighted by atomic mass is 9.94. The molecule has 0 unspecified atom stereocenters. The summed E-state index contributed by atoms with van der Waals surface area (Å²) in [6.45, 7) is -0.0585. The molecule has 1 atom stereocenters. The van der Waals surface area contributed by atoms with Crippen molar-refractivity contribution in [2.75, 3.05) is 6.61 Å². The highest BCUT2D eigenvalue weighted by Crippen LogP contribution is 2.28. The Balaban J connectivity index is 1.74. The summed E-state index contributed by atoms with van der Waals surface area (Å²) in [4.78, 5) is 25.4. The summed E-state index contributed by atoms with van der Waals surface area (Å²) in [5, 5.41) is 10.2. The van der Waals surface area contributed by atoms with Crippen LogP contribution in [0.4, 0.5) is 0 Å². The molecular weight excluding hydrogens is 365 g/mol. The third-order valence-corrected chi connectivity index (χ3v) is 4.63. The van der Waals surface area contributed by atoms with Gasteiger partial charge in [0.25, 0.3) is 5.91 Å². The Hall–Kier alpha value is -2.24. The molecule has 0 fully saturated rings. The summed E-state index contributed by atoms with van der Waals surface area (Å²) in [5.41, 5.74) is 1.89. The largest absolute Gasteiger partial charge is 0.482 e. The standard InChI is InChI=1S/C18H15Cl2NO4/c19-13-5-6-16(14(20)8-13)25-10-17(22)21-9-12-4-2-1-3-11(12)7-15(21)18(23)24/h1-6,8,15H,7,9-10H2,(H,23,24)/t15-/m1/s1. The van der Waals surface area contributed by atoms with Crippen LogP contribution in [0.25, 0.3) is 0 Å². The van der Waals surface area contributed by atoms with Crippen molar-refractivity contribution in [1.29, 1.82) is 0 Å². The number of halogens is 2. The van der Waals surface area contributed by atoms with Crippen molar-refractivity contribution in [2.45, 2.75) is 19.0 Å². The lowest BCUT2D eigenvalue weighted by Crippen LogP contribution is -2.50. The summed E-state index contributed by atoms with van der Waals surface area (Å²) >= 11 is 11.8. The molecule has 1 amide bonds. The van der Waals surface area contributed by atoms with Crippen LogP contribution >= 0.6 is 23.2 Å². The van der Waals surface area contributed by atoms with E-state index in [0.717, 1.165) is 11.1 Å². The fraction of sp³-hybridized carbons (Fsp3) is 0.222. The maximum atomic E-state index is 12.5. The van der Waals surface area contributed by atoms with Crippen LogP contribution in [-0.2, 0) is 22.6 Å². The van der Waals surface area contributed by atoms with Gasteiger partial charge in [-0.15, -0.1) is 0 Å². The van der Waals surface area contributed by atoms with Crippen molar-refractivity contribution in [3.05, 3.63) is 63.6 Å². The van der Waals surface area contributed by atoms with E-state index in [2.05, 4.69) is 0 Å². The van der Waals surface area contributed by atoms with E-state index in [1.165, 1.54) is 11.0 Å². The normalized spacial score (nSPS) is 16.2. The first-order valence-electron chi connectivity index (χ1n) is 7.62. The van der Waals surface area contributed by atoms with Gasteiger partial charge in [0.05, 0.1) is 5.02 Å². The number of nitrogens with zero attached hydrogens (tertiary/aromatic N) is 1. The Kier molecular flexibility index (Phi) is 5.16. The molecule has 0 bridgehead atoms. The van der Waals surface area contributed by atoms with Gasteiger partial charge in [-0.1, -0.05) is 47.5 Å². The maximum Gasteiger partial charge on any atom is 0.326 e. The maximum absolute atomic E-state index is 12.5. The zero-order chi connectivity index (χ0) is 18.0. The van der Waals surface area contributed by atoms with E-state index in [0.29, 0.717) is 15.8 Å². The molecule has 0 saturated heterocycles. The number of benzene rings is 2. The smallest absolute Gasteiger partial charge is 0.326 e. The van der Waals surface area contributed by atoms with Gasteiger partial charge in [0.15, 0.2) is 6.61 Å². The summed E-state index contributed by atoms with van der Waals surface area (Å²) in [6, 6.07) is 11.3. The van der Waals surface area contributed by atoms with Crippen LogP contribution in [0.1, 0.15) is 11.1 Å². The van der Waals surface area contributed by atoms with Crippen LogP contribution in [0.2, 0.25) is 10.0 Å². The molecule has 1 heterocycles. The number of carbonyl (C=O) groups excluding carboxylic acids is 1. The fourth-order valence-corrected chi connectivity index (χ4v) is 3.28. The van der Waals surface area contributed by atoms with Crippen molar-refractivity contribution >= 4 is 35.1 Å². The van der Waals surface area contributed by atoms with Gasteiger partial charge in [-0.05, 0) is 29.3 Å². The molecule has 0 aliphatic carbocycles. The summed E-state index contributed by atoms with van der Waals surface area (Å²) in [6.07, 6.45) is 0.277. The van der Waals surface area contributed by atoms with E-state index in [1.54, 1.807) is 12.1 Å². The molecule has 1 N–H and O–H groups in total. The van der Waals surface area contributed by atoms with E-state index >= 15 is 0 Å². The third-order valence-electron chi connectivity index (χ3n) is 4.10. The number of hydrogen-bond acceptors (Lipinski definition) is 3. The number of ether oxygens (including phenoxy) is 1. The van der Waals surface area contributed by atoms with Gasteiger partial charge in [-0.3, -0.25) is 4.79 Å². The lowest BCUT2D eigenvalue weighted by Gasteiger charge is -2.34. The van der Waals surface area contributed by atoms with Gasteiger partial charge in [0.1, 0.15) is 11.8 Å². The second-order valence-corrected chi connectivity index (χ2v) is 6.56. The molecular formula is C18H15Cl2NO4. The first-order chi connectivity index (χ1) is 12.0. The van der Waals surface area contributed by atoms with Crippen LogP contribution < -0.4 is 4.74 Å². The van der Waals surface area contributed by atoms with Gasteiger partial charge in [0.2, 0.25) is 0 Å². The minimum atomic E-state index is -1.03. The number of carboxylic acid groups (broad SMARTS) is 1. The number of rotatable bonds is 4. The number of fused-ring (bicyclic) bond motifs is 1. The van der Waals surface area contributed by atoms with Gasteiger partial charge in [-0.2, -0.15) is 0 Å². The second kappa shape index (κ2) is 7.33.